The Morgan fingerprint density at radius 3 is 3.05 bits per heavy atom. The number of aliphatic hydroxyl groups is 1. The zero-order valence-corrected chi connectivity index (χ0v) is 10.5. The maximum atomic E-state index is 13.6. The van der Waals surface area contributed by atoms with E-state index in [1.165, 1.54) is 12.3 Å². The smallest absolute Gasteiger partial charge is 0.143 e. The highest BCUT2D eigenvalue weighted by Crippen LogP contribution is 2.34. The van der Waals surface area contributed by atoms with Crippen molar-refractivity contribution in [3.8, 4) is 6.07 Å². The molecule has 2 N–H and O–H groups in total. The second-order valence-corrected chi connectivity index (χ2v) is 4.80. The Bertz CT molecular complexity index is 666. The summed E-state index contributed by atoms with van der Waals surface area (Å²) in [6, 6.07) is 6.35. The molecule has 1 saturated heterocycles. The van der Waals surface area contributed by atoms with E-state index in [9.17, 15) is 9.50 Å². The standard InChI is InChI=1S/C13H12FN5O/c14-10-2-1-3-11(9(10)6-15)19-5-4-13(20,8-19)12-7-16-18-17-12/h1-3,7,20H,4-5,8H2,(H,16,17,18)/t13-/m1/s1. The van der Waals surface area contributed by atoms with Crippen LogP contribution in [0.5, 0.6) is 0 Å². The van der Waals surface area contributed by atoms with Crippen LogP contribution >= 0.6 is 0 Å². The second kappa shape index (κ2) is 4.58. The van der Waals surface area contributed by atoms with Crippen molar-refractivity contribution in [3.63, 3.8) is 0 Å². The van der Waals surface area contributed by atoms with Crippen LogP contribution in [-0.4, -0.2) is 33.6 Å². The number of halogens is 1. The lowest BCUT2D eigenvalue weighted by Gasteiger charge is -2.23. The van der Waals surface area contributed by atoms with Gasteiger partial charge < -0.3 is 10.0 Å². The van der Waals surface area contributed by atoms with E-state index in [4.69, 9.17) is 5.26 Å². The molecular formula is C13H12FN5O. The molecule has 1 aliphatic rings. The number of benzene rings is 1. The third kappa shape index (κ3) is 1.90. The molecule has 1 atom stereocenters. The van der Waals surface area contributed by atoms with Crippen molar-refractivity contribution in [1.29, 1.82) is 5.26 Å². The predicted octanol–water partition coefficient (Wildman–Crippen LogP) is 0.913. The molecule has 0 unspecified atom stereocenters. The van der Waals surface area contributed by atoms with Crippen molar-refractivity contribution in [2.45, 2.75) is 12.0 Å². The van der Waals surface area contributed by atoms with Gasteiger partial charge in [0.25, 0.3) is 0 Å². The van der Waals surface area contributed by atoms with Gasteiger partial charge in [-0.1, -0.05) is 6.07 Å². The van der Waals surface area contributed by atoms with E-state index in [0.29, 0.717) is 24.3 Å². The summed E-state index contributed by atoms with van der Waals surface area (Å²) in [5.74, 6) is -0.554. The average Bonchev–Trinajstić information content (AvgIpc) is 3.08. The first kappa shape index (κ1) is 12.6. The van der Waals surface area contributed by atoms with Crippen molar-refractivity contribution in [1.82, 2.24) is 15.4 Å². The number of β-amino-alcohol motifs (C(OH)–C–C–N with tert-alkyl or cyclic N) is 1. The summed E-state index contributed by atoms with van der Waals surface area (Å²) < 4.78 is 13.6. The van der Waals surface area contributed by atoms with E-state index in [0.717, 1.165) is 0 Å². The third-order valence-corrected chi connectivity index (χ3v) is 3.58. The fourth-order valence-electron chi connectivity index (χ4n) is 2.52. The van der Waals surface area contributed by atoms with Crippen molar-refractivity contribution in [3.05, 3.63) is 41.5 Å². The summed E-state index contributed by atoms with van der Waals surface area (Å²) in [6.07, 6.45) is 1.92. The normalized spacial score (nSPS) is 21.9. The summed E-state index contributed by atoms with van der Waals surface area (Å²) in [5, 5.41) is 29.7. The molecule has 0 saturated carbocycles. The molecular weight excluding hydrogens is 261 g/mol. The fraction of sp³-hybridized carbons (Fsp3) is 0.308. The molecule has 1 fully saturated rings. The zero-order chi connectivity index (χ0) is 14.2. The molecule has 6 nitrogen and oxygen atoms in total. The van der Waals surface area contributed by atoms with E-state index in [-0.39, 0.29) is 12.1 Å². The summed E-state index contributed by atoms with van der Waals surface area (Å²) in [6.45, 7) is 0.763. The molecule has 0 radical (unpaired) electrons. The van der Waals surface area contributed by atoms with Gasteiger partial charge in [0.1, 0.15) is 28.7 Å². The van der Waals surface area contributed by atoms with Crippen LogP contribution in [0.3, 0.4) is 0 Å². The average molecular weight is 273 g/mol. The van der Waals surface area contributed by atoms with Gasteiger partial charge in [-0.15, -0.1) is 0 Å². The number of aromatic amines is 1. The fourth-order valence-corrected chi connectivity index (χ4v) is 2.52. The minimum absolute atomic E-state index is 0.00287. The van der Waals surface area contributed by atoms with Gasteiger partial charge in [-0.05, 0) is 12.1 Å². The minimum Gasteiger partial charge on any atom is -0.381 e. The molecule has 7 heteroatoms. The van der Waals surface area contributed by atoms with E-state index in [1.807, 2.05) is 6.07 Å². The number of aromatic nitrogens is 3. The summed E-state index contributed by atoms with van der Waals surface area (Å²) in [7, 11) is 0. The monoisotopic (exact) mass is 273 g/mol. The molecule has 0 aliphatic carbocycles. The third-order valence-electron chi connectivity index (χ3n) is 3.58. The Morgan fingerprint density at radius 2 is 2.35 bits per heavy atom. The highest BCUT2D eigenvalue weighted by atomic mass is 19.1. The number of nitrogens with one attached hydrogen (secondary N) is 1. The second-order valence-electron chi connectivity index (χ2n) is 4.80. The SMILES string of the molecule is N#Cc1c(F)cccc1N1CC[C@](O)(c2cn[nH]n2)C1. The molecule has 0 bridgehead atoms. The molecule has 102 valence electrons. The summed E-state index contributed by atoms with van der Waals surface area (Å²) in [5.41, 5.74) is -0.190. The minimum atomic E-state index is -1.13. The first-order valence-electron chi connectivity index (χ1n) is 6.16. The molecule has 20 heavy (non-hydrogen) atoms. The van der Waals surface area contributed by atoms with Crippen LogP contribution in [-0.2, 0) is 5.60 Å². The predicted molar refractivity (Wildman–Crippen MR) is 68.2 cm³/mol. The highest BCUT2D eigenvalue weighted by Gasteiger charge is 2.40. The van der Waals surface area contributed by atoms with Crippen LogP contribution in [0.2, 0.25) is 0 Å². The number of H-pyrrole nitrogens is 1. The van der Waals surface area contributed by atoms with Gasteiger partial charge in [-0.2, -0.15) is 20.7 Å². The van der Waals surface area contributed by atoms with Gasteiger partial charge in [-0.3, -0.25) is 0 Å². The lowest BCUT2D eigenvalue weighted by Crippen LogP contribution is -2.31. The van der Waals surface area contributed by atoms with Crippen molar-refractivity contribution >= 4 is 5.69 Å². The number of hydrogen-bond donors (Lipinski definition) is 2. The van der Waals surface area contributed by atoms with E-state index < -0.39 is 11.4 Å². The first-order chi connectivity index (χ1) is 9.64. The lowest BCUT2D eigenvalue weighted by atomic mass is 10.00. The Balaban J connectivity index is 1.92. The quantitative estimate of drug-likeness (QED) is 0.849. The van der Waals surface area contributed by atoms with Crippen LogP contribution in [0.25, 0.3) is 0 Å². The molecule has 2 aromatic rings. The maximum Gasteiger partial charge on any atom is 0.143 e. The molecule has 1 aromatic heterocycles. The van der Waals surface area contributed by atoms with Gasteiger partial charge in [0.2, 0.25) is 0 Å². The molecule has 0 spiro atoms. The van der Waals surface area contributed by atoms with E-state index in [2.05, 4.69) is 15.4 Å². The Hall–Kier alpha value is -2.46. The Labute approximate surface area is 114 Å². The number of hydrogen-bond acceptors (Lipinski definition) is 5. The topological polar surface area (TPSA) is 88.8 Å². The Morgan fingerprint density at radius 1 is 1.50 bits per heavy atom. The number of nitriles is 1. The molecule has 2 heterocycles. The van der Waals surface area contributed by atoms with Gasteiger partial charge in [0.15, 0.2) is 0 Å². The van der Waals surface area contributed by atoms with Crippen LogP contribution in [0.4, 0.5) is 10.1 Å². The van der Waals surface area contributed by atoms with Crippen LogP contribution in [0.1, 0.15) is 17.7 Å². The van der Waals surface area contributed by atoms with E-state index in [1.54, 1.807) is 17.0 Å². The highest BCUT2D eigenvalue weighted by molar-refractivity contribution is 5.60. The maximum absolute atomic E-state index is 13.6. The Kier molecular flexibility index (Phi) is 2.88. The van der Waals surface area contributed by atoms with Crippen LogP contribution < -0.4 is 4.90 Å². The lowest BCUT2D eigenvalue weighted by molar-refractivity contribution is 0.0560. The van der Waals surface area contributed by atoms with Crippen molar-refractivity contribution in [2.75, 3.05) is 18.0 Å². The molecule has 0 amide bonds. The van der Waals surface area contributed by atoms with Gasteiger partial charge in [0, 0.05) is 13.0 Å². The molecule has 1 aliphatic heterocycles. The summed E-state index contributed by atoms with van der Waals surface area (Å²) >= 11 is 0. The van der Waals surface area contributed by atoms with E-state index >= 15 is 0 Å². The molecule has 3 rings (SSSR count). The number of anilines is 1. The van der Waals surface area contributed by atoms with Crippen molar-refractivity contribution < 1.29 is 9.50 Å². The van der Waals surface area contributed by atoms with Crippen LogP contribution in [0.15, 0.2) is 24.4 Å². The first-order valence-corrected chi connectivity index (χ1v) is 6.16. The van der Waals surface area contributed by atoms with Gasteiger partial charge in [-0.25, -0.2) is 4.39 Å². The summed E-state index contributed by atoms with van der Waals surface area (Å²) in [4.78, 5) is 1.79. The molecule has 1 aromatic carbocycles. The number of rotatable bonds is 2. The van der Waals surface area contributed by atoms with Gasteiger partial charge in [0.05, 0.1) is 18.4 Å². The largest absolute Gasteiger partial charge is 0.381 e. The van der Waals surface area contributed by atoms with Gasteiger partial charge >= 0.3 is 0 Å². The number of nitrogens with zero attached hydrogens (tertiary/aromatic N) is 4. The van der Waals surface area contributed by atoms with Crippen molar-refractivity contribution in [2.24, 2.45) is 0 Å². The van der Waals surface area contributed by atoms with Crippen LogP contribution in [0, 0.1) is 17.1 Å². The zero-order valence-electron chi connectivity index (χ0n) is 10.5.